The molecule has 5 nitrogen and oxygen atoms in total. The van der Waals surface area contributed by atoms with Crippen LogP contribution in [0.1, 0.15) is 0 Å². The molecule has 0 bridgehead atoms. The van der Waals surface area contributed by atoms with Gasteiger partial charge in [-0.1, -0.05) is 6.07 Å². The number of thiophene rings is 2. The van der Waals surface area contributed by atoms with Crippen LogP contribution < -0.4 is 50.9 Å². The predicted molar refractivity (Wildman–Crippen MR) is 296 cm³/mol. The van der Waals surface area contributed by atoms with Gasteiger partial charge in [0, 0.05) is 0 Å². The van der Waals surface area contributed by atoms with Crippen LogP contribution in [0.25, 0.3) is 31.0 Å². The normalized spacial score (nSPS) is 13.9. The third kappa shape index (κ3) is 5.14. The van der Waals surface area contributed by atoms with Gasteiger partial charge in [-0.25, -0.2) is 0 Å². The van der Waals surface area contributed by atoms with Crippen LogP contribution in [0.3, 0.4) is 0 Å². The van der Waals surface area contributed by atoms with E-state index < -0.39 is 0 Å². The van der Waals surface area contributed by atoms with Crippen LogP contribution in [0.15, 0.2) is 217 Å². The van der Waals surface area contributed by atoms with Crippen LogP contribution in [0.4, 0.5) is 68.4 Å². The van der Waals surface area contributed by atoms with Crippen LogP contribution in [0.5, 0.6) is 0 Å². The summed E-state index contributed by atoms with van der Waals surface area (Å²) in [6, 6.07) is 77.7. The van der Waals surface area contributed by atoms with Crippen molar-refractivity contribution in [3.63, 3.8) is 0 Å². The average molecular weight is 913 g/mol. The van der Waals surface area contributed by atoms with Crippen molar-refractivity contribution in [2.24, 2.45) is 0 Å². The van der Waals surface area contributed by atoms with E-state index in [2.05, 4.69) is 239 Å². The minimum absolute atomic E-state index is 0.0648. The number of rotatable bonds is 4. The van der Waals surface area contributed by atoms with E-state index in [0.29, 0.717) is 0 Å². The molecule has 4 aliphatic rings. The quantitative estimate of drug-likeness (QED) is 0.164. The summed E-state index contributed by atoms with van der Waals surface area (Å²) in [5.41, 5.74) is 17.5. The van der Waals surface area contributed by atoms with Crippen molar-refractivity contribution >= 4 is 174 Å². The Hall–Kier alpha value is -8.04. The molecule has 0 saturated heterocycles. The molecule has 4 aromatic heterocycles. The van der Waals surface area contributed by atoms with E-state index in [4.69, 9.17) is 4.42 Å². The fraction of sp³-hybridized carbons (Fsp3) is 0. The van der Waals surface area contributed by atoms with Crippen LogP contribution in [-0.4, -0.2) is 20.3 Å². The van der Waals surface area contributed by atoms with E-state index in [1.54, 1.807) is 0 Å². The molecule has 12 aromatic rings. The van der Waals surface area contributed by atoms with Crippen molar-refractivity contribution in [1.29, 1.82) is 0 Å². The number of hydrogen-bond acceptors (Lipinski definition) is 7. The first-order valence-corrected chi connectivity index (χ1v) is 25.2. The standard InChI is InChI=1S/C59H35B3N4OS2/c1-5-19-36(20-6-1)63-42-29-17-31-44-53(42)62(56-46(63)35-49-50(60-56)41-28-14-16-34-48(41)68-49)58-55(65(44)38-23-9-3-10-24-38)54-57(69-58)61-51-40-27-13-15-33-47(40)67-59(51)66(39-25-11-4-12-26-39)45-32-18-30-43(52(45)61)64(54)37-21-7-2-8-22-37/h1-35H. The van der Waals surface area contributed by atoms with E-state index in [1.807, 2.05) is 22.7 Å². The summed E-state index contributed by atoms with van der Waals surface area (Å²) in [5.74, 6) is 0.876. The molecular formula is C59H35B3N4OS2. The summed E-state index contributed by atoms with van der Waals surface area (Å²) >= 11 is 3.89. The van der Waals surface area contributed by atoms with Crippen LogP contribution in [0, 0.1) is 0 Å². The van der Waals surface area contributed by atoms with Crippen molar-refractivity contribution < 1.29 is 4.42 Å². The zero-order valence-corrected chi connectivity index (χ0v) is 38.6. The predicted octanol–water partition coefficient (Wildman–Crippen LogP) is 12.4. The second kappa shape index (κ2) is 14.2. The number of benzene rings is 8. The van der Waals surface area contributed by atoms with E-state index >= 15 is 0 Å². The Kier molecular flexibility index (Phi) is 7.84. The summed E-state index contributed by atoms with van der Waals surface area (Å²) in [7, 11) is 0. The third-order valence-electron chi connectivity index (χ3n) is 14.8. The van der Waals surface area contributed by atoms with Gasteiger partial charge in [-0.3, -0.25) is 0 Å². The molecule has 16 rings (SSSR count). The molecule has 0 spiro atoms. The molecule has 0 unspecified atom stereocenters. The Morgan fingerprint density at radius 2 is 0.855 bits per heavy atom. The van der Waals surface area contributed by atoms with Crippen molar-refractivity contribution in [1.82, 2.24) is 0 Å². The van der Waals surface area contributed by atoms with Crippen LogP contribution in [0.2, 0.25) is 0 Å². The third-order valence-corrected chi connectivity index (χ3v) is 17.2. The molecular weight excluding hydrogens is 877 g/mol. The molecule has 8 heterocycles. The molecule has 0 amide bonds. The summed E-state index contributed by atoms with van der Waals surface area (Å²) in [5, 5.41) is 5.08. The number of anilines is 12. The Balaban J connectivity index is 1.06. The van der Waals surface area contributed by atoms with Gasteiger partial charge in [-0.15, -0.1) is 0 Å². The van der Waals surface area contributed by atoms with Gasteiger partial charge in [0.25, 0.3) is 0 Å². The second-order valence-electron chi connectivity index (χ2n) is 18.3. The zero-order valence-electron chi connectivity index (χ0n) is 37.0. The summed E-state index contributed by atoms with van der Waals surface area (Å²) in [4.78, 5) is 10.1. The maximum atomic E-state index is 7.12. The molecule has 0 radical (unpaired) electrons. The van der Waals surface area contributed by atoms with Gasteiger partial charge in [0.15, 0.2) is 0 Å². The van der Waals surface area contributed by atoms with Crippen LogP contribution >= 0.6 is 22.7 Å². The molecule has 0 N–H and O–H groups in total. The van der Waals surface area contributed by atoms with Gasteiger partial charge in [-0.05, 0) is 0 Å². The van der Waals surface area contributed by atoms with Gasteiger partial charge in [0.05, 0.1) is 0 Å². The van der Waals surface area contributed by atoms with Crippen molar-refractivity contribution in [3.05, 3.63) is 212 Å². The maximum absolute atomic E-state index is 7.12. The SMILES string of the molecule is b1c2c(cc3sc4ccccc4c13)N(c1ccccc1)c1cccc3c1B2c1sc2c(c1N3c1ccccc1)N(c1ccccc1)c1cccc3c1B2c1c(oc2ccccc12)N3c1ccccc1. The minimum atomic E-state index is -0.118. The van der Waals surface area contributed by atoms with Crippen molar-refractivity contribution in [2.45, 2.75) is 0 Å². The summed E-state index contributed by atoms with van der Waals surface area (Å²) in [6.45, 7) is 2.37. The number of fused-ring (bicyclic) bond motifs is 14. The van der Waals surface area contributed by atoms with Gasteiger partial charge in [0.2, 0.25) is 0 Å². The summed E-state index contributed by atoms with van der Waals surface area (Å²) < 4.78 is 12.4. The van der Waals surface area contributed by atoms with Gasteiger partial charge in [-0.2, -0.15) is 0 Å². The Morgan fingerprint density at radius 3 is 1.48 bits per heavy atom. The first-order chi connectivity index (χ1) is 34.3. The average Bonchev–Trinajstić information content (AvgIpc) is 4.11. The second-order valence-corrected chi connectivity index (χ2v) is 20.5. The van der Waals surface area contributed by atoms with E-state index in [9.17, 15) is 0 Å². The zero-order chi connectivity index (χ0) is 44.9. The van der Waals surface area contributed by atoms with E-state index in [0.717, 1.165) is 45.3 Å². The molecule has 318 valence electrons. The first-order valence-electron chi connectivity index (χ1n) is 23.6. The molecule has 8 aromatic carbocycles. The number of furan rings is 1. The fourth-order valence-corrected chi connectivity index (χ4v) is 14.8. The van der Waals surface area contributed by atoms with Crippen molar-refractivity contribution in [3.8, 4) is 0 Å². The number of hydrogen-bond donors (Lipinski definition) is 0. The topological polar surface area (TPSA) is 26.1 Å². The molecule has 0 saturated carbocycles. The van der Waals surface area contributed by atoms with E-state index in [-0.39, 0.29) is 13.4 Å². The molecule has 0 atom stereocenters. The van der Waals surface area contributed by atoms with Gasteiger partial charge in [0.1, 0.15) is 0 Å². The van der Waals surface area contributed by atoms with Gasteiger partial charge < -0.3 is 0 Å². The Morgan fingerprint density at radius 1 is 0.377 bits per heavy atom. The van der Waals surface area contributed by atoms with E-state index in [1.165, 1.54) is 85.5 Å². The molecule has 69 heavy (non-hydrogen) atoms. The van der Waals surface area contributed by atoms with Crippen molar-refractivity contribution in [2.75, 3.05) is 19.6 Å². The van der Waals surface area contributed by atoms with Gasteiger partial charge >= 0.3 is 404 Å². The first kappa shape index (κ1) is 38.0. The Labute approximate surface area is 407 Å². The molecule has 10 heteroatoms. The van der Waals surface area contributed by atoms with Crippen LogP contribution in [-0.2, 0) is 0 Å². The Bertz CT molecular complexity index is 4080. The molecule has 0 aliphatic carbocycles. The monoisotopic (exact) mass is 912 g/mol. The molecule has 0 fully saturated rings. The number of nitrogens with zero attached hydrogens (tertiary/aromatic N) is 4. The number of para-hydroxylation sites is 5. The molecule has 4 aliphatic heterocycles. The fourth-order valence-electron chi connectivity index (χ4n) is 12.1. The summed E-state index contributed by atoms with van der Waals surface area (Å²) in [6.07, 6.45) is 0.